The lowest BCUT2D eigenvalue weighted by Gasteiger charge is -2.18. The van der Waals surface area contributed by atoms with Crippen molar-refractivity contribution >= 4 is 12.0 Å². The van der Waals surface area contributed by atoms with Crippen LogP contribution in [0.3, 0.4) is 0 Å². The monoisotopic (exact) mass is 392 g/mol. The van der Waals surface area contributed by atoms with Crippen LogP contribution < -0.4 is 9.47 Å². The average molecular weight is 392 g/mol. The van der Waals surface area contributed by atoms with Crippen LogP contribution in [0.25, 0.3) is 6.08 Å². The topological polar surface area (TPSA) is 44.8 Å². The van der Waals surface area contributed by atoms with E-state index in [0.717, 1.165) is 0 Å². The molecule has 0 bridgehead atoms. The number of carbonyl (C=O) groups excluding carboxylic acids is 1. The Kier molecular flexibility index (Phi) is 7.41. The normalized spacial score (nSPS) is 10.8. The lowest BCUT2D eigenvalue weighted by atomic mass is 10.2. The van der Waals surface area contributed by atoms with E-state index in [1.807, 2.05) is 60.7 Å². The average Bonchev–Trinajstić information content (AvgIpc) is 2.76. The first kappa shape index (κ1) is 20.1. The largest absolute Gasteiger partial charge is 0.490 e. The zero-order valence-corrected chi connectivity index (χ0v) is 15.7. The van der Waals surface area contributed by atoms with Gasteiger partial charge >= 0.3 is 5.97 Å². The molecule has 0 amide bonds. The third-order valence-corrected chi connectivity index (χ3v) is 3.92. The second-order valence-electron chi connectivity index (χ2n) is 6.19. The van der Waals surface area contributed by atoms with Crippen LogP contribution in [0.5, 0.6) is 11.5 Å². The maximum atomic E-state index is 13.0. The summed E-state index contributed by atoms with van der Waals surface area (Å²) in [4.78, 5) is 12.2. The van der Waals surface area contributed by atoms with Crippen LogP contribution in [0.2, 0.25) is 0 Å². The van der Waals surface area contributed by atoms with Crippen LogP contribution >= 0.6 is 0 Å². The molecule has 29 heavy (non-hydrogen) atoms. The van der Waals surface area contributed by atoms with Crippen LogP contribution in [0.15, 0.2) is 91.0 Å². The van der Waals surface area contributed by atoms with Crippen molar-refractivity contribution in [2.75, 3.05) is 13.2 Å². The highest BCUT2D eigenvalue weighted by Gasteiger charge is 2.15. The fourth-order valence-corrected chi connectivity index (χ4v) is 2.47. The summed E-state index contributed by atoms with van der Waals surface area (Å²) < 4.78 is 29.9. The highest BCUT2D eigenvalue weighted by molar-refractivity contribution is 5.87. The Morgan fingerprint density at radius 1 is 0.793 bits per heavy atom. The Morgan fingerprint density at radius 3 is 1.83 bits per heavy atom. The van der Waals surface area contributed by atoms with Gasteiger partial charge in [0, 0.05) is 6.08 Å². The van der Waals surface area contributed by atoms with Gasteiger partial charge in [-0.1, -0.05) is 48.5 Å². The van der Waals surface area contributed by atoms with E-state index in [-0.39, 0.29) is 19.0 Å². The summed E-state index contributed by atoms with van der Waals surface area (Å²) in [5.74, 6) is 0.485. The van der Waals surface area contributed by atoms with Crippen molar-refractivity contribution < 1.29 is 23.4 Å². The van der Waals surface area contributed by atoms with Crippen molar-refractivity contribution in [1.82, 2.24) is 0 Å². The zero-order valence-electron chi connectivity index (χ0n) is 15.7. The van der Waals surface area contributed by atoms with E-state index in [0.29, 0.717) is 17.1 Å². The Balaban J connectivity index is 1.59. The van der Waals surface area contributed by atoms with Crippen LogP contribution in [-0.4, -0.2) is 25.3 Å². The van der Waals surface area contributed by atoms with E-state index in [1.165, 1.54) is 18.2 Å². The minimum absolute atomic E-state index is 0.146. The summed E-state index contributed by atoms with van der Waals surface area (Å²) >= 11 is 0. The number of para-hydroxylation sites is 2. The van der Waals surface area contributed by atoms with Crippen molar-refractivity contribution in [3.63, 3.8) is 0 Å². The van der Waals surface area contributed by atoms with E-state index in [1.54, 1.807) is 18.2 Å². The molecule has 0 spiro atoms. The highest BCUT2D eigenvalue weighted by atomic mass is 19.1. The van der Waals surface area contributed by atoms with E-state index >= 15 is 0 Å². The molecule has 0 unspecified atom stereocenters. The van der Waals surface area contributed by atoms with Gasteiger partial charge < -0.3 is 14.2 Å². The van der Waals surface area contributed by atoms with E-state index in [9.17, 15) is 9.18 Å². The number of hydrogen-bond acceptors (Lipinski definition) is 4. The predicted octanol–water partition coefficient (Wildman–Crippen LogP) is 4.91. The molecule has 0 saturated carbocycles. The summed E-state index contributed by atoms with van der Waals surface area (Å²) in [7, 11) is 0. The number of rotatable bonds is 9. The van der Waals surface area contributed by atoms with Gasteiger partial charge in [0.1, 0.15) is 30.5 Å². The summed E-state index contributed by atoms with van der Waals surface area (Å²) in [5.41, 5.74) is 0.695. The minimum atomic E-state index is -0.610. The molecule has 0 fully saturated rings. The molecule has 4 nitrogen and oxygen atoms in total. The third-order valence-electron chi connectivity index (χ3n) is 3.92. The SMILES string of the molecule is O=C(C=Cc1ccc(F)cc1)OC(COc1ccccc1)COc1ccccc1. The third kappa shape index (κ3) is 7.14. The fourth-order valence-electron chi connectivity index (χ4n) is 2.47. The van der Waals surface area contributed by atoms with Gasteiger partial charge in [-0.05, 0) is 48.0 Å². The number of hydrogen-bond donors (Lipinski definition) is 0. The van der Waals surface area contributed by atoms with Crippen LogP contribution in [0.4, 0.5) is 4.39 Å². The second kappa shape index (κ2) is 10.7. The summed E-state index contributed by atoms with van der Waals surface area (Å²) in [6.45, 7) is 0.292. The number of ether oxygens (including phenoxy) is 3. The van der Waals surface area contributed by atoms with Crippen molar-refractivity contribution in [2.24, 2.45) is 0 Å². The molecule has 0 N–H and O–H groups in total. The van der Waals surface area contributed by atoms with E-state index in [4.69, 9.17) is 14.2 Å². The Hall–Kier alpha value is -3.60. The maximum absolute atomic E-state index is 13.0. The molecular formula is C24H21FO4. The quantitative estimate of drug-likeness (QED) is 0.383. The number of esters is 1. The van der Waals surface area contributed by atoms with Crippen molar-refractivity contribution in [3.8, 4) is 11.5 Å². The summed E-state index contributed by atoms with van der Waals surface area (Å²) in [6, 6.07) is 24.3. The predicted molar refractivity (Wildman–Crippen MR) is 109 cm³/mol. The zero-order chi connectivity index (χ0) is 20.3. The molecule has 0 atom stereocenters. The van der Waals surface area contributed by atoms with Gasteiger partial charge in [-0.3, -0.25) is 0 Å². The van der Waals surface area contributed by atoms with Gasteiger partial charge in [0.2, 0.25) is 0 Å². The van der Waals surface area contributed by atoms with Gasteiger partial charge in [0.25, 0.3) is 0 Å². The highest BCUT2D eigenvalue weighted by Crippen LogP contribution is 2.13. The molecule has 0 aliphatic carbocycles. The second-order valence-corrected chi connectivity index (χ2v) is 6.19. The molecule has 5 heteroatoms. The summed E-state index contributed by atoms with van der Waals surface area (Å²) in [6.07, 6.45) is 2.25. The first-order chi connectivity index (χ1) is 14.2. The Bertz CT molecular complexity index is 865. The van der Waals surface area contributed by atoms with Crippen LogP contribution in [-0.2, 0) is 9.53 Å². The van der Waals surface area contributed by atoms with Crippen molar-refractivity contribution in [1.29, 1.82) is 0 Å². The molecule has 0 aliphatic heterocycles. The first-order valence-electron chi connectivity index (χ1n) is 9.19. The standard InChI is InChI=1S/C24H21FO4/c25-20-14-11-19(12-15-20)13-16-24(26)29-23(17-27-21-7-3-1-4-8-21)18-28-22-9-5-2-6-10-22/h1-16,23H,17-18H2. The number of carbonyl (C=O) groups is 1. The Labute approximate surface area is 169 Å². The van der Waals surface area contributed by atoms with Gasteiger partial charge in [-0.25, -0.2) is 9.18 Å². The molecule has 0 aromatic heterocycles. The molecule has 3 aromatic carbocycles. The Morgan fingerprint density at radius 2 is 1.31 bits per heavy atom. The lowest BCUT2D eigenvalue weighted by Crippen LogP contribution is -2.30. The number of halogens is 1. The van der Waals surface area contributed by atoms with Crippen molar-refractivity contribution in [2.45, 2.75) is 6.10 Å². The molecule has 0 radical (unpaired) electrons. The molecule has 148 valence electrons. The molecule has 3 aromatic rings. The lowest BCUT2D eigenvalue weighted by molar-refractivity contribution is -0.146. The van der Waals surface area contributed by atoms with Gasteiger partial charge in [-0.2, -0.15) is 0 Å². The maximum Gasteiger partial charge on any atom is 0.331 e. The van der Waals surface area contributed by atoms with Gasteiger partial charge in [0.05, 0.1) is 0 Å². The van der Waals surface area contributed by atoms with E-state index < -0.39 is 12.1 Å². The van der Waals surface area contributed by atoms with Crippen LogP contribution in [0.1, 0.15) is 5.56 Å². The van der Waals surface area contributed by atoms with E-state index in [2.05, 4.69) is 0 Å². The van der Waals surface area contributed by atoms with Crippen LogP contribution in [0, 0.1) is 5.82 Å². The summed E-state index contributed by atoms with van der Waals surface area (Å²) in [5, 5.41) is 0. The molecule has 0 saturated heterocycles. The minimum Gasteiger partial charge on any atom is -0.490 e. The first-order valence-corrected chi connectivity index (χ1v) is 9.19. The molecule has 3 rings (SSSR count). The van der Waals surface area contributed by atoms with Gasteiger partial charge in [0.15, 0.2) is 6.10 Å². The molecular weight excluding hydrogens is 371 g/mol. The van der Waals surface area contributed by atoms with Gasteiger partial charge in [-0.15, -0.1) is 0 Å². The number of benzene rings is 3. The smallest absolute Gasteiger partial charge is 0.331 e. The van der Waals surface area contributed by atoms with Crippen molar-refractivity contribution in [3.05, 3.63) is 102 Å². The molecule has 0 aliphatic rings. The molecule has 0 heterocycles. The fraction of sp³-hybridized carbons (Fsp3) is 0.125.